The van der Waals surface area contributed by atoms with Crippen LogP contribution >= 0.6 is 0 Å². The number of morpholine rings is 1. The first-order chi connectivity index (χ1) is 21.2. The maximum Gasteiger partial charge on any atom is 0.416 e. The van der Waals surface area contributed by atoms with Crippen molar-refractivity contribution in [2.24, 2.45) is 4.99 Å². The molecule has 0 saturated carbocycles. The van der Waals surface area contributed by atoms with Crippen LogP contribution in [0.15, 0.2) is 57.8 Å². The highest BCUT2D eigenvalue weighted by atomic mass is 32.2. The van der Waals surface area contributed by atoms with Crippen molar-refractivity contribution in [2.75, 3.05) is 52.5 Å². The largest absolute Gasteiger partial charge is 0.416 e. The molecule has 3 aliphatic rings. The number of hydrogen-bond acceptors (Lipinski definition) is 8. The van der Waals surface area contributed by atoms with Crippen molar-refractivity contribution < 1.29 is 39.5 Å². The molecule has 5 rings (SSSR count). The number of benzene rings is 2. The van der Waals surface area contributed by atoms with Crippen LogP contribution in [0.1, 0.15) is 35.1 Å². The summed E-state index contributed by atoms with van der Waals surface area (Å²) >= 11 is 0. The summed E-state index contributed by atoms with van der Waals surface area (Å²) in [5.74, 6) is -0.459. The summed E-state index contributed by atoms with van der Waals surface area (Å²) in [6.45, 7) is 5.18. The fraction of sp³-hybridized carbons (Fsp3) is 0.448. The van der Waals surface area contributed by atoms with Crippen LogP contribution < -0.4 is 10.0 Å². The van der Waals surface area contributed by atoms with Gasteiger partial charge in [-0.2, -0.15) is 17.5 Å². The second-order valence-electron chi connectivity index (χ2n) is 11.1. The zero-order valence-corrected chi connectivity index (χ0v) is 26.1. The van der Waals surface area contributed by atoms with Gasteiger partial charge in [0.05, 0.1) is 23.7 Å². The number of aryl methyl sites for hydroxylation is 1. The van der Waals surface area contributed by atoms with Gasteiger partial charge in [-0.05, 0) is 61.2 Å². The standard InChI is InChI=1S/C29H34F3N5O6S2/c1-21-19-25(45(41,42)33-10-13-36-14-16-43-17-15-36)6-5-22(21)7-18-44(39,40)37-11-8-28(9-12-37)27(38)34-26(35-28)23-3-2-4-24(20-23)29(30,31)32/h2-7,18-20,33H,8-17H2,1H3,(H,34,35,38)/b18-7+. The maximum atomic E-state index is 13.2. The first-order valence-corrected chi connectivity index (χ1v) is 17.3. The average Bonchev–Trinajstić information content (AvgIpc) is 3.31. The number of amidine groups is 1. The molecule has 0 atom stereocenters. The van der Waals surface area contributed by atoms with Crippen molar-refractivity contribution in [1.29, 1.82) is 0 Å². The Labute approximate surface area is 260 Å². The van der Waals surface area contributed by atoms with Gasteiger partial charge in [0.25, 0.3) is 5.91 Å². The molecule has 45 heavy (non-hydrogen) atoms. The Balaban J connectivity index is 1.20. The van der Waals surface area contributed by atoms with Crippen molar-refractivity contribution in [3.63, 3.8) is 0 Å². The second-order valence-corrected chi connectivity index (χ2v) is 14.7. The van der Waals surface area contributed by atoms with Crippen LogP contribution in [-0.2, 0) is 35.8 Å². The van der Waals surface area contributed by atoms with Crippen molar-refractivity contribution in [3.05, 3.63) is 70.1 Å². The molecule has 3 heterocycles. The maximum absolute atomic E-state index is 13.2. The van der Waals surface area contributed by atoms with E-state index in [0.29, 0.717) is 30.9 Å². The summed E-state index contributed by atoms with van der Waals surface area (Å²) in [4.78, 5) is 19.5. The molecule has 1 amide bonds. The summed E-state index contributed by atoms with van der Waals surface area (Å²) in [5, 5.41) is 3.60. The highest BCUT2D eigenvalue weighted by Gasteiger charge is 2.47. The van der Waals surface area contributed by atoms with E-state index in [-0.39, 0.29) is 48.8 Å². The Morgan fingerprint density at radius 1 is 1.04 bits per heavy atom. The number of amides is 1. The number of carbonyl (C=O) groups excluding carboxylic acids is 1. The lowest BCUT2D eigenvalue weighted by Crippen LogP contribution is -2.50. The van der Waals surface area contributed by atoms with Crippen LogP contribution in [0.3, 0.4) is 0 Å². The number of carbonyl (C=O) groups is 1. The molecule has 244 valence electrons. The Morgan fingerprint density at radius 2 is 1.76 bits per heavy atom. The van der Waals surface area contributed by atoms with E-state index >= 15 is 0 Å². The Morgan fingerprint density at radius 3 is 2.42 bits per heavy atom. The summed E-state index contributed by atoms with van der Waals surface area (Å²) < 4.78 is 100. The predicted octanol–water partition coefficient (Wildman–Crippen LogP) is 2.34. The Hall–Kier alpha value is -3.15. The lowest BCUT2D eigenvalue weighted by atomic mass is 9.89. The van der Waals surface area contributed by atoms with Crippen molar-refractivity contribution in [2.45, 2.75) is 36.4 Å². The number of halogens is 3. The summed E-state index contributed by atoms with van der Waals surface area (Å²) in [7, 11) is -7.67. The minimum Gasteiger partial charge on any atom is -0.379 e. The number of rotatable bonds is 9. The molecular weight excluding hydrogens is 635 g/mol. The van der Waals surface area contributed by atoms with Gasteiger partial charge in [-0.25, -0.2) is 21.6 Å². The van der Waals surface area contributed by atoms with E-state index in [2.05, 4.69) is 19.9 Å². The number of hydrogen-bond donors (Lipinski definition) is 2. The van der Waals surface area contributed by atoms with Crippen molar-refractivity contribution in [3.8, 4) is 0 Å². The minimum atomic E-state index is -4.55. The van der Waals surface area contributed by atoms with E-state index in [1.807, 2.05) is 0 Å². The third-order valence-corrected chi connectivity index (χ3v) is 11.2. The molecule has 2 aromatic rings. The minimum absolute atomic E-state index is 0.0221. The number of sulfonamides is 2. The summed E-state index contributed by atoms with van der Waals surface area (Å²) in [6.07, 6.45) is -3.05. The molecule has 0 unspecified atom stereocenters. The number of nitrogens with zero attached hydrogens (tertiary/aromatic N) is 3. The highest BCUT2D eigenvalue weighted by molar-refractivity contribution is 7.92. The van der Waals surface area contributed by atoms with Crippen LogP contribution in [0.4, 0.5) is 13.2 Å². The molecule has 11 nitrogen and oxygen atoms in total. The summed E-state index contributed by atoms with van der Waals surface area (Å²) in [5.41, 5.74) is -0.939. The SMILES string of the molecule is Cc1cc(S(=O)(=O)NCCN2CCOCC2)ccc1/C=C/S(=O)(=O)N1CCC2(CC1)N=C(c1cccc(C(F)(F)F)c1)NC2=O. The van der Waals surface area contributed by atoms with Crippen LogP contribution in [0.25, 0.3) is 6.08 Å². The van der Waals surface area contributed by atoms with Gasteiger partial charge in [-0.3, -0.25) is 14.7 Å². The number of piperidine rings is 1. The van der Waals surface area contributed by atoms with Gasteiger partial charge in [0.1, 0.15) is 11.4 Å². The molecule has 0 aliphatic carbocycles. The van der Waals surface area contributed by atoms with Gasteiger partial charge >= 0.3 is 6.18 Å². The monoisotopic (exact) mass is 669 g/mol. The Kier molecular flexibility index (Phi) is 9.54. The molecule has 3 aliphatic heterocycles. The van der Waals surface area contributed by atoms with Gasteiger partial charge in [-0.1, -0.05) is 18.2 Å². The quantitative estimate of drug-likeness (QED) is 0.418. The number of ether oxygens (including phenoxy) is 1. The lowest BCUT2D eigenvalue weighted by molar-refractivity contribution is -0.137. The molecule has 16 heteroatoms. The topological polar surface area (TPSA) is 137 Å². The lowest BCUT2D eigenvalue weighted by Gasteiger charge is -2.34. The van der Waals surface area contributed by atoms with E-state index in [9.17, 15) is 34.8 Å². The molecular formula is C29H34F3N5O6S2. The second kappa shape index (κ2) is 12.9. The predicted molar refractivity (Wildman–Crippen MR) is 161 cm³/mol. The smallest absolute Gasteiger partial charge is 0.379 e. The van der Waals surface area contributed by atoms with Gasteiger partial charge in [0.2, 0.25) is 20.0 Å². The van der Waals surface area contributed by atoms with E-state index < -0.39 is 43.2 Å². The van der Waals surface area contributed by atoms with E-state index in [4.69, 9.17) is 4.74 Å². The third kappa shape index (κ3) is 7.64. The van der Waals surface area contributed by atoms with Crippen LogP contribution in [0.2, 0.25) is 0 Å². The van der Waals surface area contributed by atoms with Crippen LogP contribution in [0, 0.1) is 6.92 Å². The van der Waals surface area contributed by atoms with Crippen molar-refractivity contribution >= 4 is 37.9 Å². The van der Waals surface area contributed by atoms with Gasteiger partial charge in [0.15, 0.2) is 0 Å². The van der Waals surface area contributed by atoms with E-state index in [1.54, 1.807) is 6.92 Å². The Bertz CT molecular complexity index is 1710. The van der Waals surface area contributed by atoms with Gasteiger partial charge < -0.3 is 10.1 Å². The number of alkyl halides is 3. The number of nitrogens with one attached hydrogen (secondary N) is 2. The average molecular weight is 670 g/mol. The molecule has 2 fully saturated rings. The van der Waals surface area contributed by atoms with Gasteiger partial charge in [-0.15, -0.1) is 0 Å². The molecule has 2 saturated heterocycles. The zero-order chi connectivity index (χ0) is 32.5. The summed E-state index contributed by atoms with van der Waals surface area (Å²) in [6, 6.07) is 8.93. The number of aliphatic imine (C=N–C) groups is 1. The first-order valence-electron chi connectivity index (χ1n) is 14.4. The molecule has 0 radical (unpaired) electrons. The fourth-order valence-corrected chi connectivity index (χ4v) is 7.73. The fourth-order valence-electron chi connectivity index (χ4n) is 5.44. The van der Waals surface area contributed by atoms with Crippen molar-refractivity contribution in [1.82, 2.24) is 19.2 Å². The van der Waals surface area contributed by atoms with E-state index in [0.717, 1.165) is 30.6 Å². The first kappa shape index (κ1) is 33.2. The molecule has 1 spiro atoms. The highest BCUT2D eigenvalue weighted by Crippen LogP contribution is 2.34. The van der Waals surface area contributed by atoms with Gasteiger partial charge in [0, 0.05) is 50.2 Å². The van der Waals surface area contributed by atoms with Crippen LogP contribution in [-0.4, -0.2) is 95.8 Å². The normalized spacial score (nSPS) is 20.1. The van der Waals surface area contributed by atoms with E-state index in [1.165, 1.54) is 40.7 Å². The molecule has 2 aromatic carbocycles. The third-order valence-electron chi connectivity index (χ3n) is 8.15. The zero-order valence-electron chi connectivity index (χ0n) is 24.5. The molecule has 0 aromatic heterocycles. The molecule has 2 N–H and O–H groups in total. The molecule has 0 bridgehead atoms. The van der Waals surface area contributed by atoms with Crippen LogP contribution in [0.5, 0.6) is 0 Å².